The lowest BCUT2D eigenvalue weighted by molar-refractivity contribution is -0.116. The molecule has 138 valence electrons. The second-order valence-electron chi connectivity index (χ2n) is 6.52. The normalized spacial score (nSPS) is 12.8. The highest BCUT2D eigenvalue weighted by Crippen LogP contribution is 2.22. The molecule has 0 aliphatic carbocycles. The predicted octanol–water partition coefficient (Wildman–Crippen LogP) is 2.91. The summed E-state index contributed by atoms with van der Waals surface area (Å²) in [6.45, 7) is -0.314. The zero-order valence-electron chi connectivity index (χ0n) is 15.0. The number of anilines is 1. The van der Waals surface area contributed by atoms with Gasteiger partial charge < -0.3 is 5.32 Å². The number of benzene rings is 2. The summed E-state index contributed by atoms with van der Waals surface area (Å²) < 4.78 is 0. The molecule has 1 aromatic heterocycles. The van der Waals surface area contributed by atoms with Crippen molar-refractivity contribution in [3.63, 3.8) is 0 Å². The number of hydrogen-bond donors (Lipinski definition) is 1. The van der Waals surface area contributed by atoms with E-state index in [-0.39, 0.29) is 6.54 Å². The highest BCUT2D eigenvalue weighted by Gasteiger charge is 2.36. The molecule has 0 bridgehead atoms. The van der Waals surface area contributed by atoms with Gasteiger partial charge in [0.15, 0.2) is 0 Å². The van der Waals surface area contributed by atoms with E-state index in [2.05, 4.69) is 10.3 Å². The maximum Gasteiger partial charge on any atom is 0.262 e. The van der Waals surface area contributed by atoms with Crippen LogP contribution >= 0.6 is 0 Å². The Labute approximate surface area is 161 Å². The Balaban J connectivity index is 1.38. The van der Waals surface area contributed by atoms with Crippen molar-refractivity contribution in [2.24, 2.45) is 0 Å². The first-order chi connectivity index (χ1) is 13.6. The Hall–Kier alpha value is -3.80. The standard InChI is InChI=1S/C22H17N3O3/c26-20(14-25-21(27)18-3-1-2-4-19(18)22(25)28)24-17-7-5-15(6-8-17)13-16-9-11-23-12-10-16/h1-12H,13-14H2,(H,24,26). The van der Waals surface area contributed by atoms with Crippen LogP contribution in [0.4, 0.5) is 5.69 Å². The number of nitrogens with one attached hydrogen (secondary N) is 1. The highest BCUT2D eigenvalue weighted by molar-refractivity contribution is 6.22. The van der Waals surface area contributed by atoms with Crippen molar-refractivity contribution in [3.05, 3.63) is 95.3 Å². The molecule has 3 aromatic rings. The van der Waals surface area contributed by atoms with Crippen molar-refractivity contribution >= 4 is 23.4 Å². The van der Waals surface area contributed by atoms with E-state index in [9.17, 15) is 14.4 Å². The Bertz CT molecular complexity index is 1010. The molecule has 1 N–H and O–H groups in total. The van der Waals surface area contributed by atoms with E-state index in [1.54, 1.807) is 48.8 Å². The lowest BCUT2D eigenvalue weighted by Gasteiger charge is -2.14. The summed E-state index contributed by atoms with van der Waals surface area (Å²) in [7, 11) is 0. The van der Waals surface area contributed by atoms with Crippen LogP contribution in [0.25, 0.3) is 0 Å². The molecule has 1 aliphatic heterocycles. The van der Waals surface area contributed by atoms with Crippen molar-refractivity contribution in [1.29, 1.82) is 0 Å². The molecule has 28 heavy (non-hydrogen) atoms. The number of fused-ring (bicyclic) bond motifs is 1. The summed E-state index contributed by atoms with van der Waals surface area (Å²) in [5.41, 5.74) is 3.53. The van der Waals surface area contributed by atoms with Crippen LogP contribution in [0.2, 0.25) is 0 Å². The summed E-state index contributed by atoms with van der Waals surface area (Å²) in [6.07, 6.45) is 4.28. The average molecular weight is 371 g/mol. The Kier molecular flexibility index (Phi) is 4.68. The number of nitrogens with zero attached hydrogens (tertiary/aromatic N) is 2. The number of pyridine rings is 1. The summed E-state index contributed by atoms with van der Waals surface area (Å²) in [5, 5.41) is 2.73. The second kappa shape index (κ2) is 7.44. The monoisotopic (exact) mass is 371 g/mol. The number of carbonyl (C=O) groups excluding carboxylic acids is 3. The molecule has 0 spiro atoms. The third-order valence-corrected chi connectivity index (χ3v) is 4.58. The summed E-state index contributed by atoms with van der Waals surface area (Å²) >= 11 is 0. The van der Waals surface area contributed by atoms with E-state index < -0.39 is 17.7 Å². The molecule has 0 saturated heterocycles. The number of aromatic nitrogens is 1. The lowest BCUT2D eigenvalue weighted by Crippen LogP contribution is -2.37. The highest BCUT2D eigenvalue weighted by atomic mass is 16.2. The third-order valence-electron chi connectivity index (χ3n) is 4.58. The van der Waals surface area contributed by atoms with Crippen LogP contribution in [0.5, 0.6) is 0 Å². The average Bonchev–Trinajstić information content (AvgIpc) is 2.95. The predicted molar refractivity (Wildman–Crippen MR) is 104 cm³/mol. The molecule has 2 aromatic carbocycles. The molecule has 0 atom stereocenters. The van der Waals surface area contributed by atoms with Gasteiger partial charge in [0.2, 0.25) is 5.91 Å². The zero-order valence-corrected chi connectivity index (χ0v) is 15.0. The van der Waals surface area contributed by atoms with Crippen molar-refractivity contribution in [2.75, 3.05) is 11.9 Å². The molecule has 6 heteroatoms. The molecule has 0 radical (unpaired) electrons. The minimum absolute atomic E-state index is 0.314. The quantitative estimate of drug-likeness (QED) is 0.700. The van der Waals surface area contributed by atoms with Crippen LogP contribution in [-0.2, 0) is 11.2 Å². The van der Waals surface area contributed by atoms with Crippen LogP contribution < -0.4 is 5.32 Å². The van der Waals surface area contributed by atoms with Gasteiger partial charge in [-0.15, -0.1) is 0 Å². The van der Waals surface area contributed by atoms with Crippen LogP contribution in [0.15, 0.2) is 73.1 Å². The van der Waals surface area contributed by atoms with E-state index in [0.29, 0.717) is 16.8 Å². The van der Waals surface area contributed by atoms with Crippen molar-refractivity contribution in [2.45, 2.75) is 6.42 Å². The second-order valence-corrected chi connectivity index (χ2v) is 6.52. The molecule has 6 nitrogen and oxygen atoms in total. The molecule has 0 fully saturated rings. The lowest BCUT2D eigenvalue weighted by atomic mass is 10.1. The number of imide groups is 1. The Morgan fingerprint density at radius 1 is 0.821 bits per heavy atom. The van der Waals surface area contributed by atoms with E-state index >= 15 is 0 Å². The van der Waals surface area contributed by atoms with Gasteiger partial charge in [0, 0.05) is 18.1 Å². The molecular formula is C22H17N3O3. The fourth-order valence-electron chi connectivity index (χ4n) is 3.17. The summed E-state index contributed by atoms with van der Waals surface area (Å²) in [5.74, 6) is -1.30. The fraction of sp³-hybridized carbons (Fsp3) is 0.0909. The van der Waals surface area contributed by atoms with Gasteiger partial charge in [0.1, 0.15) is 6.54 Å². The van der Waals surface area contributed by atoms with Gasteiger partial charge in [0.05, 0.1) is 11.1 Å². The van der Waals surface area contributed by atoms with Crippen LogP contribution in [0.1, 0.15) is 31.8 Å². The first-order valence-electron chi connectivity index (χ1n) is 8.85. The molecule has 1 aliphatic rings. The topological polar surface area (TPSA) is 79.4 Å². The fourth-order valence-corrected chi connectivity index (χ4v) is 3.17. The largest absolute Gasteiger partial charge is 0.325 e. The van der Waals surface area contributed by atoms with E-state index in [1.165, 1.54) is 0 Å². The van der Waals surface area contributed by atoms with Crippen molar-refractivity contribution < 1.29 is 14.4 Å². The third kappa shape index (κ3) is 3.53. The van der Waals surface area contributed by atoms with Crippen molar-refractivity contribution in [3.8, 4) is 0 Å². The van der Waals surface area contributed by atoms with E-state index in [0.717, 1.165) is 22.4 Å². The zero-order chi connectivity index (χ0) is 19.5. The number of amides is 3. The first kappa shape index (κ1) is 17.6. The summed E-state index contributed by atoms with van der Waals surface area (Å²) in [6, 6.07) is 17.9. The summed E-state index contributed by atoms with van der Waals surface area (Å²) in [4.78, 5) is 42.0. The number of rotatable bonds is 5. The van der Waals surface area contributed by atoms with Crippen LogP contribution in [-0.4, -0.2) is 34.2 Å². The molecular weight excluding hydrogens is 354 g/mol. The van der Waals surface area contributed by atoms with Gasteiger partial charge in [-0.2, -0.15) is 0 Å². The van der Waals surface area contributed by atoms with Crippen molar-refractivity contribution in [1.82, 2.24) is 9.88 Å². The van der Waals surface area contributed by atoms with Gasteiger partial charge in [-0.25, -0.2) is 0 Å². The molecule has 0 unspecified atom stereocenters. The van der Waals surface area contributed by atoms with Crippen LogP contribution in [0, 0.1) is 0 Å². The maximum absolute atomic E-state index is 12.3. The van der Waals surface area contributed by atoms with E-state index in [4.69, 9.17) is 0 Å². The maximum atomic E-state index is 12.3. The SMILES string of the molecule is O=C(CN1C(=O)c2ccccc2C1=O)Nc1ccc(Cc2ccncc2)cc1. The van der Waals surface area contributed by atoms with Crippen LogP contribution in [0.3, 0.4) is 0 Å². The molecule has 4 rings (SSSR count). The smallest absolute Gasteiger partial charge is 0.262 e. The van der Waals surface area contributed by atoms with Gasteiger partial charge in [0.25, 0.3) is 11.8 Å². The number of carbonyl (C=O) groups is 3. The van der Waals surface area contributed by atoms with Gasteiger partial charge in [-0.1, -0.05) is 24.3 Å². The molecule has 0 saturated carbocycles. The minimum atomic E-state index is -0.441. The Morgan fingerprint density at radius 3 is 2.00 bits per heavy atom. The first-order valence-corrected chi connectivity index (χ1v) is 8.85. The minimum Gasteiger partial charge on any atom is -0.325 e. The Morgan fingerprint density at radius 2 is 1.39 bits per heavy atom. The molecule has 3 amide bonds. The van der Waals surface area contributed by atoms with Gasteiger partial charge in [-0.3, -0.25) is 24.3 Å². The van der Waals surface area contributed by atoms with Gasteiger partial charge in [-0.05, 0) is 53.9 Å². The molecule has 2 heterocycles. The van der Waals surface area contributed by atoms with Gasteiger partial charge >= 0.3 is 0 Å². The van der Waals surface area contributed by atoms with E-state index in [1.807, 2.05) is 24.3 Å². The number of hydrogen-bond acceptors (Lipinski definition) is 4.